The molecule has 1 aliphatic carbocycles. The molecule has 1 aromatic carbocycles. The highest BCUT2D eigenvalue weighted by Gasteiger charge is 2.41. The van der Waals surface area contributed by atoms with Crippen molar-refractivity contribution >= 4 is 5.91 Å². The number of benzene rings is 1. The summed E-state index contributed by atoms with van der Waals surface area (Å²) in [7, 11) is 1.77. The Bertz CT molecular complexity index is 483. The Morgan fingerprint density at radius 2 is 2.06 bits per heavy atom. The van der Waals surface area contributed by atoms with Gasteiger partial charge in [0.05, 0.1) is 17.2 Å². The molecule has 2 rings (SSSR count). The van der Waals surface area contributed by atoms with E-state index in [0.29, 0.717) is 12.1 Å². The van der Waals surface area contributed by atoms with Gasteiger partial charge in [0.1, 0.15) is 0 Å². The molecule has 1 aromatic rings. The molecule has 94 valence electrons. The van der Waals surface area contributed by atoms with Crippen LogP contribution in [0, 0.1) is 11.3 Å². The summed E-state index contributed by atoms with van der Waals surface area (Å²) in [5, 5.41) is 8.71. The maximum absolute atomic E-state index is 12.1. The van der Waals surface area contributed by atoms with Crippen LogP contribution in [-0.4, -0.2) is 23.4 Å². The minimum absolute atomic E-state index is 0.0121. The van der Waals surface area contributed by atoms with Crippen molar-refractivity contribution in [3.05, 3.63) is 35.4 Å². The zero-order valence-corrected chi connectivity index (χ0v) is 10.5. The molecule has 0 unspecified atom stereocenters. The van der Waals surface area contributed by atoms with Crippen LogP contribution >= 0.6 is 0 Å². The van der Waals surface area contributed by atoms with Crippen LogP contribution in [0.25, 0.3) is 0 Å². The highest BCUT2D eigenvalue weighted by atomic mass is 16.2. The van der Waals surface area contributed by atoms with Crippen LogP contribution < -0.4 is 5.73 Å². The number of carbonyl (C=O) groups is 1. The topological polar surface area (TPSA) is 70.1 Å². The first-order valence-corrected chi connectivity index (χ1v) is 6.09. The summed E-state index contributed by atoms with van der Waals surface area (Å²) >= 11 is 0. The third-order valence-corrected chi connectivity index (χ3v) is 3.52. The average molecular weight is 243 g/mol. The number of rotatable bonds is 3. The smallest absolute Gasteiger partial charge is 0.242 e. The third-order valence-electron chi connectivity index (χ3n) is 3.52. The first-order valence-electron chi connectivity index (χ1n) is 6.09. The van der Waals surface area contributed by atoms with E-state index in [9.17, 15) is 4.79 Å². The van der Waals surface area contributed by atoms with Gasteiger partial charge in [0, 0.05) is 13.6 Å². The van der Waals surface area contributed by atoms with Crippen LogP contribution in [0.1, 0.15) is 30.4 Å². The molecule has 0 bridgehead atoms. The van der Waals surface area contributed by atoms with E-state index < -0.39 is 5.54 Å². The fraction of sp³-hybridized carbons (Fsp3) is 0.429. The minimum Gasteiger partial charge on any atom is -0.340 e. The Morgan fingerprint density at radius 3 is 2.50 bits per heavy atom. The quantitative estimate of drug-likeness (QED) is 0.872. The van der Waals surface area contributed by atoms with E-state index in [1.807, 2.05) is 12.1 Å². The third kappa shape index (κ3) is 2.36. The summed E-state index contributed by atoms with van der Waals surface area (Å²) in [6.45, 7) is 0.531. The molecule has 0 atom stereocenters. The first kappa shape index (κ1) is 12.6. The van der Waals surface area contributed by atoms with Crippen LogP contribution in [0.3, 0.4) is 0 Å². The first-order chi connectivity index (χ1) is 8.55. The molecule has 1 aliphatic rings. The van der Waals surface area contributed by atoms with E-state index in [1.165, 1.54) is 0 Å². The largest absolute Gasteiger partial charge is 0.340 e. The standard InChI is InChI=1S/C14H17N3O/c1-17(13(18)14(16)7-2-8-14)10-12-5-3-11(9-15)4-6-12/h3-6H,2,7-8,10,16H2,1H3. The molecule has 1 amide bonds. The molecular formula is C14H17N3O. The van der Waals surface area contributed by atoms with Crippen molar-refractivity contribution in [3.63, 3.8) is 0 Å². The zero-order valence-electron chi connectivity index (χ0n) is 10.5. The lowest BCUT2D eigenvalue weighted by atomic mass is 9.76. The lowest BCUT2D eigenvalue weighted by Crippen LogP contribution is -2.58. The van der Waals surface area contributed by atoms with Gasteiger partial charge in [0.15, 0.2) is 0 Å². The summed E-state index contributed by atoms with van der Waals surface area (Å²) in [5.41, 5.74) is 7.01. The number of carbonyl (C=O) groups excluding carboxylic acids is 1. The predicted octanol–water partition coefficient (Wildman–Crippen LogP) is 1.40. The lowest BCUT2D eigenvalue weighted by molar-refractivity contribution is -0.139. The van der Waals surface area contributed by atoms with Crippen LogP contribution in [0.5, 0.6) is 0 Å². The summed E-state index contributed by atoms with van der Waals surface area (Å²) in [4.78, 5) is 13.8. The van der Waals surface area contributed by atoms with E-state index >= 15 is 0 Å². The number of likely N-dealkylation sites (N-methyl/N-ethyl adjacent to an activating group) is 1. The van der Waals surface area contributed by atoms with Crippen LogP contribution in [0.2, 0.25) is 0 Å². The monoisotopic (exact) mass is 243 g/mol. The molecule has 4 heteroatoms. The maximum atomic E-state index is 12.1. The summed E-state index contributed by atoms with van der Waals surface area (Å²) < 4.78 is 0. The Morgan fingerprint density at radius 1 is 1.44 bits per heavy atom. The molecule has 2 N–H and O–H groups in total. The van der Waals surface area contributed by atoms with E-state index in [2.05, 4.69) is 6.07 Å². The Kier molecular flexibility index (Phi) is 3.35. The van der Waals surface area contributed by atoms with Crippen molar-refractivity contribution in [2.45, 2.75) is 31.3 Å². The SMILES string of the molecule is CN(Cc1ccc(C#N)cc1)C(=O)C1(N)CCC1. The van der Waals surface area contributed by atoms with Gasteiger partial charge in [-0.25, -0.2) is 0 Å². The summed E-state index contributed by atoms with van der Waals surface area (Å²) in [6.07, 6.45) is 2.60. The molecule has 18 heavy (non-hydrogen) atoms. The van der Waals surface area contributed by atoms with Crippen molar-refractivity contribution in [3.8, 4) is 6.07 Å². The molecule has 0 saturated heterocycles. The Labute approximate surface area is 107 Å². The average Bonchev–Trinajstić information content (AvgIpc) is 2.36. The molecule has 0 radical (unpaired) electrons. The van der Waals surface area contributed by atoms with Gasteiger partial charge in [-0.15, -0.1) is 0 Å². The number of amides is 1. The summed E-state index contributed by atoms with van der Waals surface area (Å²) in [6, 6.07) is 9.33. The molecular weight excluding hydrogens is 226 g/mol. The van der Waals surface area contributed by atoms with Crippen LogP contribution in [-0.2, 0) is 11.3 Å². The predicted molar refractivity (Wildman–Crippen MR) is 68.4 cm³/mol. The van der Waals surface area contributed by atoms with Gasteiger partial charge in [0.2, 0.25) is 5.91 Å². The molecule has 1 fully saturated rings. The second-order valence-corrected chi connectivity index (χ2v) is 4.98. The second-order valence-electron chi connectivity index (χ2n) is 4.98. The van der Waals surface area contributed by atoms with E-state index in [-0.39, 0.29) is 5.91 Å². The highest BCUT2D eigenvalue weighted by molar-refractivity contribution is 5.86. The summed E-state index contributed by atoms with van der Waals surface area (Å²) in [5.74, 6) is 0.0121. The molecule has 0 heterocycles. The maximum Gasteiger partial charge on any atom is 0.242 e. The van der Waals surface area contributed by atoms with Crippen molar-refractivity contribution in [1.29, 1.82) is 5.26 Å². The Balaban J connectivity index is 2.00. The Hall–Kier alpha value is -1.86. The van der Waals surface area contributed by atoms with E-state index in [1.54, 1.807) is 24.1 Å². The zero-order chi connectivity index (χ0) is 13.2. The van der Waals surface area contributed by atoms with Crippen molar-refractivity contribution in [2.24, 2.45) is 5.73 Å². The number of nitriles is 1. The van der Waals surface area contributed by atoms with Crippen molar-refractivity contribution in [2.75, 3.05) is 7.05 Å². The van der Waals surface area contributed by atoms with Crippen molar-refractivity contribution < 1.29 is 4.79 Å². The van der Waals surface area contributed by atoms with Crippen LogP contribution in [0.4, 0.5) is 0 Å². The van der Waals surface area contributed by atoms with Gasteiger partial charge >= 0.3 is 0 Å². The molecule has 1 saturated carbocycles. The lowest BCUT2D eigenvalue weighted by Gasteiger charge is -2.39. The fourth-order valence-corrected chi connectivity index (χ4v) is 2.18. The normalized spacial score (nSPS) is 16.5. The number of hydrogen-bond donors (Lipinski definition) is 1. The number of nitrogens with two attached hydrogens (primary N) is 1. The molecule has 0 aliphatic heterocycles. The van der Waals surface area contributed by atoms with Gasteiger partial charge in [-0.1, -0.05) is 12.1 Å². The van der Waals surface area contributed by atoms with Gasteiger partial charge in [-0.2, -0.15) is 5.26 Å². The van der Waals surface area contributed by atoms with Gasteiger partial charge in [0.25, 0.3) is 0 Å². The molecule has 0 spiro atoms. The van der Waals surface area contributed by atoms with Gasteiger partial charge in [-0.3, -0.25) is 4.79 Å². The minimum atomic E-state index is -0.638. The van der Waals surface area contributed by atoms with Crippen molar-refractivity contribution in [1.82, 2.24) is 4.90 Å². The number of hydrogen-bond acceptors (Lipinski definition) is 3. The second kappa shape index (κ2) is 4.79. The molecule has 0 aromatic heterocycles. The van der Waals surface area contributed by atoms with Gasteiger partial charge in [-0.05, 0) is 37.0 Å². The van der Waals surface area contributed by atoms with Gasteiger partial charge < -0.3 is 10.6 Å². The highest BCUT2D eigenvalue weighted by Crippen LogP contribution is 2.30. The van der Waals surface area contributed by atoms with E-state index in [0.717, 1.165) is 24.8 Å². The van der Waals surface area contributed by atoms with E-state index in [4.69, 9.17) is 11.0 Å². The fourth-order valence-electron chi connectivity index (χ4n) is 2.18. The number of nitrogens with zero attached hydrogens (tertiary/aromatic N) is 2. The van der Waals surface area contributed by atoms with Crippen LogP contribution in [0.15, 0.2) is 24.3 Å². The molecule has 4 nitrogen and oxygen atoms in total.